The van der Waals surface area contributed by atoms with Crippen LogP contribution in [0.5, 0.6) is 11.5 Å². The molecule has 0 atom stereocenters. The molecular formula is C18H22O3. The summed E-state index contributed by atoms with van der Waals surface area (Å²) >= 11 is 0. The number of carbonyl (C=O) groups excluding carboxylic acids is 1. The molecule has 0 fully saturated rings. The molecule has 1 aromatic rings. The number of hydrogen-bond donors (Lipinski definition) is 1. The highest BCUT2D eigenvalue weighted by atomic mass is 16.5. The Morgan fingerprint density at radius 2 is 2.05 bits per heavy atom. The molecule has 1 aromatic carbocycles. The van der Waals surface area contributed by atoms with Crippen LogP contribution in [0, 0.1) is 0 Å². The van der Waals surface area contributed by atoms with Crippen LogP contribution in [0.25, 0.3) is 6.08 Å². The van der Waals surface area contributed by atoms with E-state index < -0.39 is 0 Å². The lowest BCUT2D eigenvalue weighted by Gasteiger charge is -2.03. The minimum atomic E-state index is 0.111. The third kappa shape index (κ3) is 6.61. The summed E-state index contributed by atoms with van der Waals surface area (Å²) in [6, 6.07) is 5.09. The number of phenols is 1. The van der Waals surface area contributed by atoms with E-state index in [9.17, 15) is 9.90 Å². The largest absolute Gasteiger partial charge is 0.504 e. The molecule has 0 bridgehead atoms. The number of ketones is 1. The average Bonchev–Trinajstić information content (AvgIpc) is 2.44. The van der Waals surface area contributed by atoms with Crippen molar-refractivity contribution in [3.63, 3.8) is 0 Å². The molecule has 0 heterocycles. The van der Waals surface area contributed by atoms with Crippen molar-refractivity contribution in [3.05, 3.63) is 53.6 Å². The van der Waals surface area contributed by atoms with Crippen LogP contribution in [0.2, 0.25) is 0 Å². The van der Waals surface area contributed by atoms with Crippen molar-refractivity contribution in [3.8, 4) is 11.5 Å². The van der Waals surface area contributed by atoms with Gasteiger partial charge in [0.2, 0.25) is 0 Å². The number of benzene rings is 1. The zero-order valence-electron chi connectivity index (χ0n) is 12.8. The van der Waals surface area contributed by atoms with E-state index in [2.05, 4.69) is 6.08 Å². The summed E-state index contributed by atoms with van der Waals surface area (Å²) in [5.41, 5.74) is 2.12. The van der Waals surface area contributed by atoms with Gasteiger partial charge >= 0.3 is 0 Å². The Kier molecular flexibility index (Phi) is 7.02. The van der Waals surface area contributed by atoms with Gasteiger partial charge in [-0.3, -0.25) is 4.79 Å². The molecular weight excluding hydrogens is 264 g/mol. The standard InChI is InChI=1S/C18H22O3/c1-14(2)7-6-10-16(19)9-5-4-8-15-11-12-17(20)18(13-15)21-3/h4-5,7-9,11-13,20H,6,10H2,1-3H3/b8-4+,9-5+. The summed E-state index contributed by atoms with van der Waals surface area (Å²) in [6.45, 7) is 4.05. The highest BCUT2D eigenvalue weighted by molar-refractivity contribution is 5.90. The smallest absolute Gasteiger partial charge is 0.161 e. The van der Waals surface area contributed by atoms with Crippen molar-refractivity contribution in [2.24, 2.45) is 0 Å². The van der Waals surface area contributed by atoms with E-state index in [1.54, 1.807) is 36.4 Å². The van der Waals surface area contributed by atoms with Gasteiger partial charge in [0.1, 0.15) is 0 Å². The molecule has 0 saturated carbocycles. The zero-order valence-corrected chi connectivity index (χ0v) is 12.8. The van der Waals surface area contributed by atoms with Crippen molar-refractivity contribution < 1.29 is 14.6 Å². The lowest BCUT2D eigenvalue weighted by Crippen LogP contribution is -1.90. The first kappa shape index (κ1) is 16.8. The summed E-state index contributed by atoms with van der Waals surface area (Å²) in [5.74, 6) is 0.652. The van der Waals surface area contributed by atoms with Crippen molar-refractivity contribution in [2.75, 3.05) is 7.11 Å². The number of hydrogen-bond acceptors (Lipinski definition) is 3. The molecule has 0 radical (unpaired) electrons. The number of aromatic hydroxyl groups is 1. The van der Waals surface area contributed by atoms with Crippen LogP contribution in [-0.4, -0.2) is 18.0 Å². The SMILES string of the molecule is COc1cc(/C=C/C=C/C(=O)CCC=C(C)C)ccc1O. The van der Waals surface area contributed by atoms with Gasteiger partial charge in [-0.15, -0.1) is 0 Å². The van der Waals surface area contributed by atoms with Crippen LogP contribution in [-0.2, 0) is 4.79 Å². The minimum Gasteiger partial charge on any atom is -0.504 e. The summed E-state index contributed by atoms with van der Waals surface area (Å²) < 4.78 is 5.03. The molecule has 3 heteroatoms. The predicted octanol–water partition coefficient (Wildman–Crippen LogP) is 4.29. The lowest BCUT2D eigenvalue weighted by molar-refractivity contribution is -0.114. The van der Waals surface area contributed by atoms with Gasteiger partial charge in [0.15, 0.2) is 17.3 Å². The Hall–Kier alpha value is -2.29. The zero-order chi connectivity index (χ0) is 15.7. The van der Waals surface area contributed by atoms with Crippen molar-refractivity contribution in [1.29, 1.82) is 0 Å². The highest BCUT2D eigenvalue weighted by Gasteiger charge is 1.99. The van der Waals surface area contributed by atoms with E-state index in [0.717, 1.165) is 12.0 Å². The lowest BCUT2D eigenvalue weighted by atomic mass is 10.1. The van der Waals surface area contributed by atoms with E-state index in [1.807, 2.05) is 19.9 Å². The molecule has 0 spiro atoms. The Labute approximate surface area is 126 Å². The molecule has 0 unspecified atom stereocenters. The van der Waals surface area contributed by atoms with Gasteiger partial charge in [0.25, 0.3) is 0 Å². The highest BCUT2D eigenvalue weighted by Crippen LogP contribution is 2.26. The minimum absolute atomic E-state index is 0.111. The molecule has 3 nitrogen and oxygen atoms in total. The third-order valence-corrected chi connectivity index (χ3v) is 2.83. The maximum Gasteiger partial charge on any atom is 0.161 e. The molecule has 0 aliphatic carbocycles. The molecule has 1 N–H and O–H groups in total. The van der Waals surface area contributed by atoms with Gasteiger partial charge in [-0.05, 0) is 44.0 Å². The van der Waals surface area contributed by atoms with E-state index in [1.165, 1.54) is 12.7 Å². The first-order valence-electron chi connectivity index (χ1n) is 6.91. The summed E-state index contributed by atoms with van der Waals surface area (Å²) in [7, 11) is 1.51. The number of rotatable bonds is 7. The Morgan fingerprint density at radius 3 is 2.71 bits per heavy atom. The predicted molar refractivity (Wildman–Crippen MR) is 86.5 cm³/mol. The van der Waals surface area contributed by atoms with Crippen molar-refractivity contribution in [2.45, 2.75) is 26.7 Å². The topological polar surface area (TPSA) is 46.5 Å². The molecule has 1 rings (SSSR count). The van der Waals surface area contributed by atoms with Gasteiger partial charge in [-0.1, -0.05) is 35.9 Å². The van der Waals surface area contributed by atoms with E-state index in [4.69, 9.17) is 4.74 Å². The second-order valence-electron chi connectivity index (χ2n) is 4.94. The maximum absolute atomic E-state index is 11.6. The van der Waals surface area contributed by atoms with Crippen LogP contribution in [0.3, 0.4) is 0 Å². The molecule has 0 aliphatic heterocycles. The molecule has 0 saturated heterocycles. The van der Waals surface area contributed by atoms with Crippen LogP contribution in [0.15, 0.2) is 48.1 Å². The fraction of sp³-hybridized carbons (Fsp3) is 0.278. The van der Waals surface area contributed by atoms with Crippen LogP contribution >= 0.6 is 0 Å². The third-order valence-electron chi connectivity index (χ3n) is 2.83. The second-order valence-corrected chi connectivity index (χ2v) is 4.94. The quantitative estimate of drug-likeness (QED) is 0.462. The van der Waals surface area contributed by atoms with Crippen LogP contribution in [0.4, 0.5) is 0 Å². The normalized spacial score (nSPS) is 11.0. The summed E-state index contributed by atoms with van der Waals surface area (Å²) in [4.78, 5) is 11.6. The van der Waals surface area contributed by atoms with Gasteiger partial charge < -0.3 is 9.84 Å². The second kappa shape index (κ2) is 8.80. The molecule has 0 amide bonds. The summed E-state index contributed by atoms with van der Waals surface area (Å²) in [6.07, 6.45) is 10.3. The van der Waals surface area contributed by atoms with E-state index in [-0.39, 0.29) is 11.5 Å². The average molecular weight is 286 g/mol. The number of allylic oxidation sites excluding steroid dienone is 5. The summed E-state index contributed by atoms with van der Waals surface area (Å²) in [5, 5.41) is 9.49. The van der Waals surface area contributed by atoms with Crippen molar-refractivity contribution >= 4 is 11.9 Å². The molecule has 0 aromatic heterocycles. The molecule has 0 aliphatic rings. The van der Waals surface area contributed by atoms with E-state index >= 15 is 0 Å². The first-order chi connectivity index (χ1) is 10.0. The number of ether oxygens (including phenoxy) is 1. The molecule has 21 heavy (non-hydrogen) atoms. The van der Waals surface area contributed by atoms with Gasteiger partial charge in [0, 0.05) is 6.42 Å². The van der Waals surface area contributed by atoms with Crippen LogP contribution in [0.1, 0.15) is 32.3 Å². The Balaban J connectivity index is 2.52. The van der Waals surface area contributed by atoms with Gasteiger partial charge in [0.05, 0.1) is 7.11 Å². The number of phenolic OH excluding ortho intramolecular Hbond substituents is 1. The Morgan fingerprint density at radius 1 is 1.29 bits per heavy atom. The maximum atomic E-state index is 11.6. The van der Waals surface area contributed by atoms with E-state index in [0.29, 0.717) is 12.2 Å². The van der Waals surface area contributed by atoms with Gasteiger partial charge in [-0.25, -0.2) is 0 Å². The fourth-order valence-corrected chi connectivity index (χ4v) is 1.71. The van der Waals surface area contributed by atoms with Gasteiger partial charge in [-0.2, -0.15) is 0 Å². The van der Waals surface area contributed by atoms with Crippen molar-refractivity contribution in [1.82, 2.24) is 0 Å². The first-order valence-corrected chi connectivity index (χ1v) is 6.91. The Bertz CT molecular complexity index is 562. The number of carbonyl (C=O) groups is 1. The molecule has 112 valence electrons. The van der Waals surface area contributed by atoms with Crippen LogP contribution < -0.4 is 4.74 Å². The monoisotopic (exact) mass is 286 g/mol. The fourth-order valence-electron chi connectivity index (χ4n) is 1.71. The number of methoxy groups -OCH3 is 1.